The molecular weight excluding hydrogens is 328 g/mol. The quantitative estimate of drug-likeness (QED) is 0.624. The van der Waals surface area contributed by atoms with Crippen molar-refractivity contribution < 1.29 is 19.4 Å². The number of esters is 1. The summed E-state index contributed by atoms with van der Waals surface area (Å²) in [6.45, 7) is 1.92. The maximum atomic E-state index is 12.8. The Hall–Kier alpha value is -1.68. The van der Waals surface area contributed by atoms with E-state index in [4.69, 9.17) is 4.74 Å². The number of Topliss-reactive ketones (excluding diaryl/α,β-unsaturated/α-hetero) is 1. The summed E-state index contributed by atoms with van der Waals surface area (Å²) in [5, 5.41) is 10.8. The predicted octanol–water partition coefficient (Wildman–Crippen LogP) is 3.70. The molecule has 5 rings (SSSR count). The number of hydrogen-bond acceptors (Lipinski definition) is 4. The molecule has 4 aliphatic carbocycles. The van der Waals surface area contributed by atoms with Gasteiger partial charge in [-0.25, -0.2) is 0 Å². The van der Waals surface area contributed by atoms with Crippen molar-refractivity contribution in [1.29, 1.82) is 0 Å². The van der Waals surface area contributed by atoms with Crippen molar-refractivity contribution in [3.05, 3.63) is 35.4 Å². The fourth-order valence-electron chi connectivity index (χ4n) is 5.97. The van der Waals surface area contributed by atoms with E-state index in [-0.39, 0.29) is 18.4 Å². The van der Waals surface area contributed by atoms with Gasteiger partial charge < -0.3 is 9.84 Å². The van der Waals surface area contributed by atoms with E-state index in [2.05, 4.69) is 6.92 Å². The van der Waals surface area contributed by atoms with Crippen molar-refractivity contribution in [2.75, 3.05) is 6.61 Å². The molecule has 0 aliphatic heterocycles. The molecule has 0 aromatic heterocycles. The summed E-state index contributed by atoms with van der Waals surface area (Å²) in [5.41, 5.74) is 0.538. The number of ether oxygens (including phenoxy) is 1. The lowest BCUT2D eigenvalue weighted by Crippen LogP contribution is -2.58. The molecule has 140 valence electrons. The van der Waals surface area contributed by atoms with E-state index < -0.39 is 11.0 Å². The molecule has 4 fully saturated rings. The van der Waals surface area contributed by atoms with Crippen LogP contribution < -0.4 is 0 Å². The third kappa shape index (κ3) is 3.20. The molecular formula is C22H28O4. The third-order valence-electron chi connectivity index (χ3n) is 6.61. The van der Waals surface area contributed by atoms with Gasteiger partial charge in [0.25, 0.3) is 0 Å². The summed E-state index contributed by atoms with van der Waals surface area (Å²) in [6, 6.07) is 7.56. The molecule has 0 radical (unpaired) electrons. The molecule has 2 atom stereocenters. The summed E-state index contributed by atoms with van der Waals surface area (Å²) < 4.78 is 5.47. The SMILES string of the molecule is CCCc1ccc(C(=O)COC(=O)C23CC4CC(CC(O)(C4)C2)C3)cc1. The zero-order chi connectivity index (χ0) is 18.4. The Morgan fingerprint density at radius 1 is 1.12 bits per heavy atom. The second-order valence-corrected chi connectivity index (χ2v) is 8.91. The number of aryl methyl sites for hydroxylation is 1. The second kappa shape index (κ2) is 6.49. The fourth-order valence-corrected chi connectivity index (χ4v) is 5.97. The lowest BCUT2D eigenvalue weighted by Gasteiger charge is -2.58. The number of carbonyl (C=O) groups is 2. The Labute approximate surface area is 154 Å². The van der Waals surface area contributed by atoms with Crippen LogP contribution in [0, 0.1) is 17.3 Å². The van der Waals surface area contributed by atoms with Gasteiger partial charge in [0.2, 0.25) is 0 Å². The number of aliphatic hydroxyl groups is 1. The predicted molar refractivity (Wildman–Crippen MR) is 97.8 cm³/mol. The van der Waals surface area contributed by atoms with Crippen molar-refractivity contribution >= 4 is 11.8 Å². The van der Waals surface area contributed by atoms with Crippen molar-refractivity contribution in [2.45, 2.75) is 63.9 Å². The Morgan fingerprint density at radius 2 is 1.77 bits per heavy atom. The molecule has 1 aromatic rings. The Balaban J connectivity index is 1.38. The topological polar surface area (TPSA) is 63.6 Å². The maximum Gasteiger partial charge on any atom is 0.312 e. The van der Waals surface area contributed by atoms with E-state index in [1.165, 1.54) is 5.56 Å². The minimum Gasteiger partial charge on any atom is -0.457 e. The molecule has 26 heavy (non-hydrogen) atoms. The largest absolute Gasteiger partial charge is 0.457 e. The van der Waals surface area contributed by atoms with Crippen molar-refractivity contribution in [2.24, 2.45) is 17.3 Å². The lowest BCUT2D eigenvalue weighted by atomic mass is 9.48. The molecule has 4 heteroatoms. The van der Waals surface area contributed by atoms with Gasteiger partial charge >= 0.3 is 5.97 Å². The third-order valence-corrected chi connectivity index (χ3v) is 6.61. The zero-order valence-corrected chi connectivity index (χ0v) is 15.5. The Bertz CT molecular complexity index is 691. The van der Waals surface area contributed by atoms with Crippen LogP contribution in [0.5, 0.6) is 0 Å². The van der Waals surface area contributed by atoms with Crippen LogP contribution in [0.1, 0.15) is 67.8 Å². The molecule has 4 saturated carbocycles. The van der Waals surface area contributed by atoms with E-state index in [1.807, 2.05) is 24.3 Å². The number of hydrogen-bond donors (Lipinski definition) is 1. The second-order valence-electron chi connectivity index (χ2n) is 8.91. The summed E-state index contributed by atoms with van der Waals surface area (Å²) in [6.07, 6.45) is 6.96. The monoisotopic (exact) mass is 356 g/mol. The number of ketones is 1. The van der Waals surface area contributed by atoms with Crippen LogP contribution in [-0.4, -0.2) is 29.1 Å². The zero-order valence-electron chi connectivity index (χ0n) is 15.5. The molecule has 4 bridgehead atoms. The molecule has 4 nitrogen and oxygen atoms in total. The molecule has 0 amide bonds. The Morgan fingerprint density at radius 3 is 2.35 bits per heavy atom. The molecule has 1 N–H and O–H groups in total. The standard InChI is InChI=1S/C22H28O4/c1-2-3-15-4-6-18(7-5-15)19(23)13-26-20(24)21-9-16-8-17(10-21)12-22(25,11-16)14-21/h4-7,16-17,25H,2-3,8-14H2,1H3. The minimum atomic E-state index is -0.692. The fraction of sp³-hybridized carbons (Fsp3) is 0.636. The summed E-state index contributed by atoms with van der Waals surface area (Å²) in [5.74, 6) is 0.414. The van der Waals surface area contributed by atoms with E-state index in [9.17, 15) is 14.7 Å². The molecule has 0 heterocycles. The maximum absolute atomic E-state index is 12.8. The van der Waals surface area contributed by atoms with Crippen molar-refractivity contribution in [3.63, 3.8) is 0 Å². The van der Waals surface area contributed by atoms with Crippen molar-refractivity contribution in [1.82, 2.24) is 0 Å². The van der Waals surface area contributed by atoms with Crippen LogP contribution in [-0.2, 0) is 16.0 Å². The van der Waals surface area contributed by atoms with Crippen molar-refractivity contribution in [3.8, 4) is 0 Å². The average molecular weight is 356 g/mol. The normalized spacial score (nSPS) is 34.7. The van der Waals surface area contributed by atoms with Gasteiger partial charge in [-0.3, -0.25) is 9.59 Å². The van der Waals surface area contributed by atoms with Crippen LogP contribution in [0.4, 0.5) is 0 Å². The van der Waals surface area contributed by atoms with Gasteiger partial charge in [-0.2, -0.15) is 0 Å². The summed E-state index contributed by atoms with van der Waals surface area (Å²) >= 11 is 0. The number of carbonyl (C=O) groups excluding carboxylic acids is 2. The van der Waals surface area contributed by atoms with Gasteiger partial charge in [0.1, 0.15) is 0 Å². The van der Waals surface area contributed by atoms with Gasteiger partial charge in [0.05, 0.1) is 11.0 Å². The van der Waals surface area contributed by atoms with Gasteiger partial charge in [-0.15, -0.1) is 0 Å². The van der Waals surface area contributed by atoms with Crippen LogP contribution in [0.25, 0.3) is 0 Å². The van der Waals surface area contributed by atoms with E-state index in [0.717, 1.165) is 44.9 Å². The van der Waals surface area contributed by atoms with E-state index in [0.29, 0.717) is 23.8 Å². The average Bonchev–Trinajstić information content (AvgIpc) is 2.58. The van der Waals surface area contributed by atoms with Crippen LogP contribution in [0.2, 0.25) is 0 Å². The molecule has 4 aliphatic rings. The summed E-state index contributed by atoms with van der Waals surface area (Å²) in [4.78, 5) is 25.2. The highest BCUT2D eigenvalue weighted by molar-refractivity contribution is 5.98. The van der Waals surface area contributed by atoms with Gasteiger partial charge in [0, 0.05) is 5.56 Å². The summed E-state index contributed by atoms with van der Waals surface area (Å²) in [7, 11) is 0. The highest BCUT2D eigenvalue weighted by Crippen LogP contribution is 2.61. The van der Waals surface area contributed by atoms with E-state index in [1.54, 1.807) is 0 Å². The van der Waals surface area contributed by atoms with E-state index >= 15 is 0 Å². The van der Waals surface area contributed by atoms with Gasteiger partial charge in [-0.1, -0.05) is 37.6 Å². The highest BCUT2D eigenvalue weighted by Gasteiger charge is 2.60. The Kier molecular flexibility index (Phi) is 4.42. The molecule has 1 aromatic carbocycles. The van der Waals surface area contributed by atoms with Crippen LogP contribution >= 0.6 is 0 Å². The smallest absolute Gasteiger partial charge is 0.312 e. The number of rotatable bonds is 6. The molecule has 0 spiro atoms. The highest BCUT2D eigenvalue weighted by atomic mass is 16.5. The van der Waals surface area contributed by atoms with Gasteiger partial charge in [-0.05, 0) is 62.3 Å². The molecule has 0 saturated heterocycles. The lowest BCUT2D eigenvalue weighted by molar-refractivity contribution is -0.195. The van der Waals surface area contributed by atoms with Crippen LogP contribution in [0.3, 0.4) is 0 Å². The first-order chi connectivity index (χ1) is 12.4. The first-order valence-electron chi connectivity index (χ1n) is 9.93. The first-order valence-corrected chi connectivity index (χ1v) is 9.93. The minimum absolute atomic E-state index is 0.162. The number of benzene rings is 1. The van der Waals surface area contributed by atoms with Gasteiger partial charge in [0.15, 0.2) is 12.4 Å². The van der Waals surface area contributed by atoms with Crippen LogP contribution in [0.15, 0.2) is 24.3 Å². The first kappa shape index (κ1) is 17.7. The molecule has 2 unspecified atom stereocenters.